The fourth-order valence-electron chi connectivity index (χ4n) is 6.73. The lowest BCUT2D eigenvalue weighted by Gasteiger charge is -2.26. The molecule has 18 N–H and O–H groups in total. The molecular formula is C46H78N6O24S4. The molecule has 0 radical (unpaired) electrons. The summed E-state index contributed by atoms with van der Waals surface area (Å²) >= 11 is 0. The van der Waals surface area contributed by atoms with E-state index in [9.17, 15) is 104 Å². The summed E-state index contributed by atoms with van der Waals surface area (Å²) in [5.74, 6) is -11.1. The van der Waals surface area contributed by atoms with E-state index in [-0.39, 0.29) is 56.0 Å². The predicted octanol–water partition coefficient (Wildman–Crippen LogP) is -5.92. The summed E-state index contributed by atoms with van der Waals surface area (Å²) in [6.45, 7) is -2.21. The molecule has 0 aromatic rings. The molecule has 6 amide bonds. The maximum Gasteiger partial charge on any atom is 0.327 e. The first-order valence-electron chi connectivity index (χ1n) is 25.2. The Bertz CT molecular complexity index is 1920. The van der Waals surface area contributed by atoms with E-state index in [0.29, 0.717) is 18.6 Å². The fraction of sp³-hybridized carbons (Fsp3) is 0.761. The van der Waals surface area contributed by atoms with Gasteiger partial charge in [0.2, 0.25) is 35.4 Å². The number of carboxylic acids is 2. The second-order valence-electron chi connectivity index (χ2n) is 17.8. The molecular weight excluding hydrogens is 1150 g/mol. The summed E-state index contributed by atoms with van der Waals surface area (Å²) in [5, 5.41) is 131. The average Bonchev–Trinajstić information content (AvgIpc) is 3.43. The van der Waals surface area contributed by atoms with Crippen LogP contribution in [0.1, 0.15) is 77.6 Å². The first-order chi connectivity index (χ1) is 37.9. The van der Waals surface area contributed by atoms with Crippen LogP contribution in [0.5, 0.6) is 0 Å². The van der Waals surface area contributed by atoms with Crippen molar-refractivity contribution >= 4 is 109 Å². The van der Waals surface area contributed by atoms with Gasteiger partial charge in [-0.15, -0.1) is 0 Å². The van der Waals surface area contributed by atoms with E-state index in [1.54, 1.807) is 6.92 Å². The lowest BCUT2D eigenvalue weighted by molar-refractivity contribution is -0.142. The number of nitrogens with one attached hydrogen (secondary N) is 6. The Morgan fingerprint density at radius 2 is 1.00 bits per heavy atom. The molecule has 30 nitrogen and oxygen atoms in total. The average molecular weight is 1230 g/mol. The van der Waals surface area contributed by atoms with E-state index in [4.69, 9.17) is 10.2 Å². The van der Waals surface area contributed by atoms with Crippen LogP contribution in [-0.4, -0.2) is 257 Å². The third-order valence-electron chi connectivity index (χ3n) is 11.6. The molecule has 0 aromatic carbocycles. The van der Waals surface area contributed by atoms with Crippen molar-refractivity contribution in [3.8, 4) is 0 Å². The van der Waals surface area contributed by atoms with Crippen LogP contribution in [0.25, 0.3) is 0 Å². The van der Waals surface area contributed by atoms with Gasteiger partial charge in [0.05, 0.1) is 31.5 Å². The molecule has 0 saturated carbocycles. The summed E-state index contributed by atoms with van der Waals surface area (Å²) in [4.78, 5) is 140. The highest BCUT2D eigenvalue weighted by Gasteiger charge is 2.35. The van der Waals surface area contributed by atoms with E-state index in [0.717, 1.165) is 27.9 Å². The molecule has 80 heavy (non-hydrogen) atoms. The van der Waals surface area contributed by atoms with Gasteiger partial charge in [-0.2, -0.15) is 0 Å². The van der Waals surface area contributed by atoms with Crippen molar-refractivity contribution in [1.82, 2.24) is 31.9 Å². The van der Waals surface area contributed by atoms with Crippen molar-refractivity contribution in [2.45, 2.75) is 145 Å². The van der Waals surface area contributed by atoms with Crippen molar-refractivity contribution in [3.05, 3.63) is 0 Å². The number of amides is 6. The molecule has 0 aliphatic carbocycles. The lowest BCUT2D eigenvalue weighted by Crippen LogP contribution is -2.57. The summed E-state index contributed by atoms with van der Waals surface area (Å²) in [6.07, 6.45) is -17.7. The van der Waals surface area contributed by atoms with Gasteiger partial charge in [-0.3, -0.25) is 43.2 Å². The number of hydrogen-bond acceptors (Lipinski definition) is 26. The second kappa shape index (κ2) is 44.2. The van der Waals surface area contributed by atoms with Gasteiger partial charge in [0.1, 0.15) is 61.6 Å². The monoisotopic (exact) mass is 1230 g/mol. The molecule has 0 heterocycles. The molecule has 0 saturated heterocycles. The molecule has 34 heteroatoms. The first kappa shape index (κ1) is 75.6. The van der Waals surface area contributed by atoms with Crippen LogP contribution in [-0.2, 0) is 57.5 Å². The number of aliphatic hydroxyl groups excluding tert-OH is 10. The number of unbranched alkanes of at least 4 members (excludes halogenated alkanes) is 1. The first-order valence-corrected chi connectivity index (χ1v) is 30.2. The topological polar surface area (TPSA) is 512 Å². The molecule has 0 spiro atoms. The van der Waals surface area contributed by atoms with Gasteiger partial charge in [-0.05, 0) is 32.1 Å². The predicted molar refractivity (Wildman–Crippen MR) is 289 cm³/mol. The van der Waals surface area contributed by atoms with Crippen LogP contribution in [0.3, 0.4) is 0 Å². The maximum atomic E-state index is 14.3. The van der Waals surface area contributed by atoms with Crippen LogP contribution in [0.2, 0.25) is 0 Å². The third kappa shape index (κ3) is 32.9. The normalized spacial score (nSPS) is 16.2. The summed E-state index contributed by atoms with van der Waals surface area (Å²) in [5.41, 5.74) is 0. The molecule has 0 rings (SSSR count). The fourth-order valence-corrected chi connectivity index (χ4v) is 10.8. The molecule has 460 valence electrons. The van der Waals surface area contributed by atoms with Gasteiger partial charge >= 0.3 is 11.9 Å². The number of Topliss-reactive ketones (excluding diaryl/α,β-unsaturated/α-hetero) is 1. The largest absolute Gasteiger partial charge is 0.481 e. The number of aliphatic hydroxyl groups is 10. The summed E-state index contributed by atoms with van der Waals surface area (Å²) < 4.78 is 4.60. The Morgan fingerprint density at radius 1 is 0.525 bits per heavy atom. The molecule has 0 bridgehead atoms. The number of aldehydes is 1. The Labute approximate surface area is 476 Å². The minimum atomic E-state index is -2.08. The zero-order valence-electron chi connectivity index (χ0n) is 43.9. The van der Waals surface area contributed by atoms with Crippen LogP contribution in [0.4, 0.5) is 0 Å². The summed E-state index contributed by atoms with van der Waals surface area (Å²) in [6, 6.07) is -5.01. The maximum absolute atomic E-state index is 14.3. The van der Waals surface area contributed by atoms with Crippen molar-refractivity contribution in [3.63, 3.8) is 0 Å². The van der Waals surface area contributed by atoms with Crippen LogP contribution >= 0.6 is 43.2 Å². The van der Waals surface area contributed by atoms with E-state index in [1.807, 2.05) is 0 Å². The molecule has 0 unspecified atom stereocenters. The number of aliphatic carboxylic acids is 2. The van der Waals surface area contributed by atoms with E-state index in [1.165, 1.54) is 21.6 Å². The molecule has 0 aliphatic rings. The highest BCUT2D eigenvalue weighted by Crippen LogP contribution is 2.24. The summed E-state index contributed by atoms with van der Waals surface area (Å²) in [7, 11) is 4.83. The molecule has 0 aromatic heterocycles. The second-order valence-corrected chi connectivity index (χ2v) is 23.1. The minimum Gasteiger partial charge on any atom is -0.481 e. The Balaban J connectivity index is 6.80. The van der Waals surface area contributed by atoms with Gasteiger partial charge in [0.15, 0.2) is 5.78 Å². The smallest absolute Gasteiger partial charge is 0.327 e. The van der Waals surface area contributed by atoms with Crippen LogP contribution in [0, 0.1) is 11.8 Å². The number of rotatable bonds is 49. The molecule has 13 atom stereocenters. The number of carbonyl (C=O) groups excluding carboxylic acids is 9. The van der Waals surface area contributed by atoms with Crippen molar-refractivity contribution in [1.29, 1.82) is 0 Å². The third-order valence-corrected chi connectivity index (χ3v) is 16.5. The Kier molecular flexibility index (Phi) is 41.7. The Hall–Kier alpha value is -4.43. The lowest BCUT2D eigenvalue weighted by atomic mass is 9.90. The van der Waals surface area contributed by atoms with Crippen molar-refractivity contribution in [2.24, 2.45) is 11.8 Å². The minimum absolute atomic E-state index is 0.00288. The van der Waals surface area contributed by atoms with Crippen molar-refractivity contribution < 1.29 is 119 Å². The van der Waals surface area contributed by atoms with E-state index >= 15 is 0 Å². The Morgan fingerprint density at radius 3 is 1.51 bits per heavy atom. The highest BCUT2D eigenvalue weighted by molar-refractivity contribution is 8.77. The van der Waals surface area contributed by atoms with E-state index < -0.39 is 197 Å². The zero-order chi connectivity index (χ0) is 60.7. The zero-order valence-corrected chi connectivity index (χ0v) is 47.2. The SMILES string of the molecule is CC[C@H](CCC(=O)NC[C@H](O)[C@@H](O)[C@H](O)[C@H](O)CO)C(=O)N[C@H](CCC(=O)O)C(=O)C[C@H](CCC(=O)NC[C@H](O)[C@@H](O)[C@H](O)[C@H](O)CO)C(=O)N[C@@H](CNC(=O)CCSSCCCC=O)C(=O)N[C@H](CSSCCOC=O)C(=O)O. The number of hydrogen-bond donors (Lipinski definition) is 18. The van der Waals surface area contributed by atoms with Gasteiger partial charge in [-0.1, -0.05) is 50.1 Å². The number of ether oxygens (including phenoxy) is 1. The number of carboxylic acid groups (broad SMARTS) is 2. The van der Waals surface area contributed by atoms with Gasteiger partial charge in [0.25, 0.3) is 6.47 Å². The number of ketones is 1. The van der Waals surface area contributed by atoms with Gasteiger partial charge < -0.3 is 103 Å². The van der Waals surface area contributed by atoms with Crippen LogP contribution in [0.15, 0.2) is 0 Å². The van der Waals surface area contributed by atoms with Gasteiger partial charge in [0, 0.05) is 93.0 Å². The molecule has 0 aliphatic heterocycles. The van der Waals surface area contributed by atoms with E-state index in [2.05, 4.69) is 36.6 Å². The standard InChI is InChI=1S/C46H78N6O24S4/c1-2-25(5-8-35(62)48-19-31(58)39(67)41(69)33(60)21-54)43(71)50-27(7-10-38(65)66)30(57)17-26(6-9-36(63)49-20-32(59)40(68)42(70)34(61)22-55)44(72)51-28(18-47-37(64)11-15-78-77-14-4-3-12-53)45(73)52-29(46(74)75)23-80-79-16-13-76-24-56/h12,24-29,31-34,39-42,54-55,58-61,67-70H,2-11,13-23H2,1H3,(H,47,64)(H,48,62)(H,49,63)(H,50,71)(H,51,72)(H,52,73)(H,65,66)(H,74,75)/t25-,26+,27-,28+,29-,31+,32+,33-,34-,39-,40-,41-,42-/m1/s1. The van der Waals surface area contributed by atoms with Gasteiger partial charge in [-0.25, -0.2) is 4.79 Å². The quantitative estimate of drug-likeness (QED) is 0.0153. The van der Waals surface area contributed by atoms with Crippen LogP contribution < -0.4 is 31.9 Å². The highest BCUT2D eigenvalue weighted by atomic mass is 33.1. The van der Waals surface area contributed by atoms with Crippen molar-refractivity contribution in [2.75, 3.05) is 62.5 Å². The molecule has 0 fully saturated rings. The number of carbonyl (C=O) groups is 11.